The Bertz CT molecular complexity index is 567. The number of rotatable bonds is 6. The average Bonchev–Trinajstić information content (AvgIpc) is 2.86. The van der Waals surface area contributed by atoms with E-state index in [1.807, 2.05) is 11.5 Å². The monoisotopic (exact) mass is 261 g/mol. The zero-order chi connectivity index (χ0) is 13.7. The zero-order valence-electron chi connectivity index (χ0n) is 10.6. The molecule has 0 aliphatic rings. The summed E-state index contributed by atoms with van der Waals surface area (Å²) < 4.78 is 1.95. The van der Waals surface area contributed by atoms with Crippen LogP contribution < -0.4 is 5.32 Å². The minimum Gasteiger partial charge on any atom is -0.379 e. The van der Waals surface area contributed by atoms with E-state index in [4.69, 9.17) is 0 Å². The number of nitro groups is 1. The van der Waals surface area contributed by atoms with Crippen molar-refractivity contribution in [2.24, 2.45) is 0 Å². The van der Waals surface area contributed by atoms with Gasteiger partial charge in [-0.1, -0.05) is 12.1 Å². The molecule has 0 fully saturated rings. The fraction of sp³-hybridized carbons (Fsp3) is 0.333. The van der Waals surface area contributed by atoms with Crippen LogP contribution in [0.4, 0.5) is 11.4 Å². The lowest BCUT2D eigenvalue weighted by Gasteiger charge is -2.07. The van der Waals surface area contributed by atoms with Gasteiger partial charge in [0.2, 0.25) is 0 Å². The predicted molar refractivity (Wildman–Crippen MR) is 71.0 cm³/mol. The van der Waals surface area contributed by atoms with Crippen molar-refractivity contribution >= 4 is 11.4 Å². The van der Waals surface area contributed by atoms with Crippen molar-refractivity contribution in [1.29, 1.82) is 0 Å². The Kier molecular flexibility index (Phi) is 4.07. The van der Waals surface area contributed by atoms with Crippen LogP contribution in [0.3, 0.4) is 0 Å². The van der Waals surface area contributed by atoms with E-state index in [-0.39, 0.29) is 5.69 Å². The van der Waals surface area contributed by atoms with Crippen LogP contribution in [0.25, 0.3) is 0 Å². The van der Waals surface area contributed by atoms with Crippen molar-refractivity contribution in [3.8, 4) is 0 Å². The molecule has 0 saturated carbocycles. The summed E-state index contributed by atoms with van der Waals surface area (Å²) in [7, 11) is 0. The Balaban J connectivity index is 1.98. The molecule has 0 aliphatic carbocycles. The second-order valence-electron chi connectivity index (χ2n) is 3.98. The Morgan fingerprint density at radius 3 is 2.95 bits per heavy atom. The third-order valence-electron chi connectivity index (χ3n) is 2.80. The van der Waals surface area contributed by atoms with Crippen LogP contribution in [-0.2, 0) is 13.0 Å². The summed E-state index contributed by atoms with van der Waals surface area (Å²) in [5.41, 5.74) is 0.606. The standard InChI is InChI=1S/C12H15N5O2/c1-2-16-9-14-15-12(16)7-8-13-10-5-3-4-6-11(10)17(18)19/h3-6,9,13H,2,7-8H2,1H3. The highest BCUT2D eigenvalue weighted by Gasteiger charge is 2.11. The molecule has 2 rings (SSSR count). The highest BCUT2D eigenvalue weighted by molar-refractivity contribution is 5.61. The Morgan fingerprint density at radius 1 is 1.42 bits per heavy atom. The molecule has 2 aromatic rings. The van der Waals surface area contributed by atoms with E-state index in [0.717, 1.165) is 12.4 Å². The van der Waals surface area contributed by atoms with Crippen LogP contribution in [0.2, 0.25) is 0 Å². The minimum atomic E-state index is -0.392. The second-order valence-corrected chi connectivity index (χ2v) is 3.98. The molecule has 0 amide bonds. The van der Waals surface area contributed by atoms with Gasteiger partial charge in [0.1, 0.15) is 17.8 Å². The molecule has 0 unspecified atom stereocenters. The molecule has 0 aliphatic heterocycles. The Morgan fingerprint density at radius 2 is 2.21 bits per heavy atom. The van der Waals surface area contributed by atoms with E-state index in [9.17, 15) is 10.1 Å². The van der Waals surface area contributed by atoms with Gasteiger partial charge >= 0.3 is 0 Å². The first kappa shape index (κ1) is 13.0. The molecular weight excluding hydrogens is 246 g/mol. The molecule has 0 spiro atoms. The highest BCUT2D eigenvalue weighted by atomic mass is 16.6. The molecule has 0 atom stereocenters. The van der Waals surface area contributed by atoms with Crippen LogP contribution in [0.15, 0.2) is 30.6 Å². The summed E-state index contributed by atoms with van der Waals surface area (Å²) in [6, 6.07) is 6.60. The SMILES string of the molecule is CCn1cnnc1CCNc1ccccc1[N+](=O)[O-]. The lowest BCUT2D eigenvalue weighted by Crippen LogP contribution is -2.10. The van der Waals surface area contributed by atoms with Gasteiger partial charge in [-0.2, -0.15) is 0 Å². The van der Waals surface area contributed by atoms with E-state index < -0.39 is 4.92 Å². The molecular formula is C12H15N5O2. The van der Waals surface area contributed by atoms with Crippen molar-refractivity contribution in [3.05, 3.63) is 46.5 Å². The molecule has 1 N–H and O–H groups in total. The van der Waals surface area contributed by atoms with E-state index in [1.54, 1.807) is 24.5 Å². The number of aromatic nitrogens is 3. The lowest BCUT2D eigenvalue weighted by molar-refractivity contribution is -0.384. The van der Waals surface area contributed by atoms with Gasteiger partial charge in [0.05, 0.1) is 4.92 Å². The first-order valence-corrected chi connectivity index (χ1v) is 6.06. The van der Waals surface area contributed by atoms with Gasteiger partial charge in [0.15, 0.2) is 0 Å². The van der Waals surface area contributed by atoms with Crippen LogP contribution in [0.5, 0.6) is 0 Å². The van der Waals surface area contributed by atoms with Crippen molar-refractivity contribution in [2.45, 2.75) is 19.9 Å². The van der Waals surface area contributed by atoms with Crippen molar-refractivity contribution in [1.82, 2.24) is 14.8 Å². The van der Waals surface area contributed by atoms with Crippen molar-refractivity contribution in [2.75, 3.05) is 11.9 Å². The van der Waals surface area contributed by atoms with E-state index >= 15 is 0 Å². The van der Waals surface area contributed by atoms with Gasteiger partial charge < -0.3 is 9.88 Å². The maximum atomic E-state index is 10.9. The third kappa shape index (κ3) is 3.06. The lowest BCUT2D eigenvalue weighted by atomic mass is 10.2. The highest BCUT2D eigenvalue weighted by Crippen LogP contribution is 2.22. The number of anilines is 1. The first-order valence-electron chi connectivity index (χ1n) is 6.06. The van der Waals surface area contributed by atoms with Gasteiger partial charge in [-0.25, -0.2) is 0 Å². The number of hydrogen-bond donors (Lipinski definition) is 1. The number of nitrogens with zero attached hydrogens (tertiary/aromatic N) is 4. The Hall–Kier alpha value is -2.44. The molecule has 7 nitrogen and oxygen atoms in total. The van der Waals surface area contributed by atoms with Gasteiger partial charge in [-0.3, -0.25) is 10.1 Å². The van der Waals surface area contributed by atoms with Crippen LogP contribution in [0.1, 0.15) is 12.7 Å². The number of aryl methyl sites for hydroxylation is 1. The number of para-hydroxylation sites is 2. The van der Waals surface area contributed by atoms with Gasteiger partial charge in [-0.15, -0.1) is 10.2 Å². The number of hydrogen-bond acceptors (Lipinski definition) is 5. The fourth-order valence-electron chi connectivity index (χ4n) is 1.83. The van der Waals surface area contributed by atoms with Crippen molar-refractivity contribution in [3.63, 3.8) is 0 Å². The summed E-state index contributed by atoms with van der Waals surface area (Å²) >= 11 is 0. The molecule has 0 saturated heterocycles. The molecule has 7 heteroatoms. The van der Waals surface area contributed by atoms with Crippen LogP contribution in [0, 0.1) is 10.1 Å². The van der Waals surface area contributed by atoms with E-state index in [0.29, 0.717) is 18.7 Å². The van der Waals surface area contributed by atoms with Gasteiger partial charge in [0, 0.05) is 25.6 Å². The molecule has 0 bridgehead atoms. The normalized spacial score (nSPS) is 10.4. The number of nitro benzene ring substituents is 1. The predicted octanol–water partition coefficient (Wildman–Crippen LogP) is 1.86. The van der Waals surface area contributed by atoms with E-state index in [2.05, 4.69) is 15.5 Å². The fourth-order valence-corrected chi connectivity index (χ4v) is 1.83. The number of benzene rings is 1. The van der Waals surface area contributed by atoms with Gasteiger partial charge in [0.25, 0.3) is 5.69 Å². The van der Waals surface area contributed by atoms with Gasteiger partial charge in [-0.05, 0) is 13.0 Å². The molecule has 1 heterocycles. The molecule has 19 heavy (non-hydrogen) atoms. The van der Waals surface area contributed by atoms with Crippen LogP contribution >= 0.6 is 0 Å². The smallest absolute Gasteiger partial charge is 0.292 e. The largest absolute Gasteiger partial charge is 0.379 e. The topological polar surface area (TPSA) is 85.9 Å². The van der Waals surface area contributed by atoms with E-state index in [1.165, 1.54) is 6.07 Å². The second kappa shape index (κ2) is 5.94. The summed E-state index contributed by atoms with van der Waals surface area (Å²) in [4.78, 5) is 10.5. The number of nitrogens with one attached hydrogen (secondary N) is 1. The van der Waals surface area contributed by atoms with Crippen molar-refractivity contribution < 1.29 is 4.92 Å². The maximum absolute atomic E-state index is 10.9. The quantitative estimate of drug-likeness (QED) is 0.633. The summed E-state index contributed by atoms with van der Waals surface area (Å²) in [6.07, 6.45) is 2.35. The summed E-state index contributed by atoms with van der Waals surface area (Å²) in [5.74, 6) is 0.869. The third-order valence-corrected chi connectivity index (χ3v) is 2.80. The average molecular weight is 261 g/mol. The summed E-state index contributed by atoms with van der Waals surface area (Å²) in [5, 5.41) is 21.8. The zero-order valence-corrected chi connectivity index (χ0v) is 10.6. The minimum absolute atomic E-state index is 0.0828. The molecule has 100 valence electrons. The maximum Gasteiger partial charge on any atom is 0.292 e. The molecule has 1 aromatic carbocycles. The molecule has 1 aromatic heterocycles. The van der Waals surface area contributed by atoms with Crippen LogP contribution in [-0.4, -0.2) is 26.2 Å². The Labute approximate surface area is 110 Å². The summed E-state index contributed by atoms with van der Waals surface area (Å²) in [6.45, 7) is 3.40. The first-order chi connectivity index (χ1) is 9.22. The molecule has 0 radical (unpaired) electrons.